The predicted octanol–water partition coefficient (Wildman–Crippen LogP) is 2.81. The van der Waals surface area contributed by atoms with Crippen molar-refractivity contribution in [3.8, 4) is 0 Å². The lowest BCUT2D eigenvalue weighted by Gasteiger charge is -2.10. The van der Waals surface area contributed by atoms with Crippen LogP contribution in [0, 0.1) is 6.92 Å². The van der Waals surface area contributed by atoms with E-state index in [4.69, 9.17) is 5.73 Å². The number of carbonyl (C=O) groups excluding carboxylic acids is 1. The lowest BCUT2D eigenvalue weighted by atomic mass is 10.0. The molecule has 0 bridgehead atoms. The van der Waals surface area contributed by atoms with Crippen LogP contribution in [0.1, 0.15) is 29.3 Å². The zero-order valence-electron chi connectivity index (χ0n) is 8.68. The molecule has 1 aromatic carbocycles. The molecule has 0 saturated carbocycles. The maximum absolute atomic E-state index is 12.6. The van der Waals surface area contributed by atoms with Gasteiger partial charge in [-0.05, 0) is 37.6 Å². The van der Waals surface area contributed by atoms with E-state index < -0.39 is 18.1 Å². The van der Waals surface area contributed by atoms with Crippen molar-refractivity contribution in [3.05, 3.63) is 29.3 Å². The molecule has 0 saturated heterocycles. The number of hydrogen-bond donors (Lipinski definition) is 1. The highest BCUT2D eigenvalue weighted by Crippen LogP contribution is 2.22. The van der Waals surface area contributed by atoms with Gasteiger partial charge in [-0.1, -0.05) is 0 Å². The summed E-state index contributed by atoms with van der Waals surface area (Å²) in [6, 6.07) is 4.62. The van der Waals surface area contributed by atoms with Gasteiger partial charge in [-0.2, -0.15) is 0 Å². The van der Waals surface area contributed by atoms with E-state index in [1.165, 1.54) is 12.1 Å². The molecule has 15 heavy (non-hydrogen) atoms. The molecule has 2 N–H and O–H groups in total. The number of aryl methyl sites for hydroxylation is 1. The lowest BCUT2D eigenvalue weighted by molar-refractivity contribution is 0.0156. The number of hydrogen-bond acceptors (Lipinski definition) is 2. The highest BCUT2D eigenvalue weighted by Gasteiger charge is 2.26. The fourth-order valence-electron chi connectivity index (χ4n) is 1.38. The van der Waals surface area contributed by atoms with E-state index >= 15 is 0 Å². The maximum atomic E-state index is 12.6. The summed E-state index contributed by atoms with van der Waals surface area (Å²) in [7, 11) is 0. The Morgan fingerprint density at radius 1 is 1.47 bits per heavy atom. The number of nitrogens with two attached hydrogens (primary N) is 1. The number of rotatable bonds is 3. The normalized spacial score (nSPS) is 11.5. The Balaban J connectivity index is 2.92. The van der Waals surface area contributed by atoms with Crippen LogP contribution in [0.15, 0.2) is 18.2 Å². The van der Waals surface area contributed by atoms with Crippen LogP contribution in [0.5, 0.6) is 0 Å². The number of anilines is 1. The molecule has 0 aliphatic carbocycles. The number of carbonyl (C=O) groups is 1. The van der Waals surface area contributed by atoms with E-state index in [1.54, 1.807) is 13.0 Å². The minimum absolute atomic E-state index is 0.311. The van der Waals surface area contributed by atoms with Gasteiger partial charge in [0.1, 0.15) is 0 Å². The first kappa shape index (κ1) is 11.6. The zero-order valence-corrected chi connectivity index (χ0v) is 8.68. The zero-order chi connectivity index (χ0) is 11.6. The first-order chi connectivity index (χ1) is 6.79. The number of Topliss-reactive ketones (excluding diaryl/α,β-unsaturated/α-hetero) is 1. The monoisotopic (exact) mass is 213 g/mol. The van der Waals surface area contributed by atoms with E-state index in [9.17, 15) is 13.6 Å². The fraction of sp³-hybridized carbons (Fsp3) is 0.364. The second-order valence-corrected chi connectivity index (χ2v) is 3.74. The Labute approximate surface area is 87.1 Å². The van der Waals surface area contributed by atoms with E-state index in [-0.39, 0.29) is 0 Å². The average Bonchev–Trinajstić information content (AvgIpc) is 1.99. The molecule has 1 rings (SSSR count). The first-order valence-electron chi connectivity index (χ1n) is 4.57. The standard InChI is InChI=1S/C11H13F2NO/c1-7-5-8(14)3-4-9(7)10(15)6-11(2,12)13/h3-5H,6,14H2,1-2H3. The van der Waals surface area contributed by atoms with Gasteiger partial charge in [0, 0.05) is 11.3 Å². The van der Waals surface area contributed by atoms with Gasteiger partial charge in [0.25, 0.3) is 5.92 Å². The van der Waals surface area contributed by atoms with E-state index in [0.717, 1.165) is 6.92 Å². The van der Waals surface area contributed by atoms with Crippen LogP contribution in [0.4, 0.5) is 14.5 Å². The lowest BCUT2D eigenvalue weighted by Crippen LogP contribution is -2.17. The van der Waals surface area contributed by atoms with Crippen LogP contribution < -0.4 is 5.73 Å². The third-order valence-electron chi connectivity index (χ3n) is 2.02. The highest BCUT2D eigenvalue weighted by atomic mass is 19.3. The number of nitrogen functional groups attached to an aromatic ring is 1. The van der Waals surface area contributed by atoms with Crippen molar-refractivity contribution in [1.82, 2.24) is 0 Å². The molecular formula is C11H13F2NO. The molecule has 0 aliphatic rings. The van der Waals surface area contributed by atoms with Crippen LogP contribution in [-0.2, 0) is 0 Å². The molecule has 0 aromatic heterocycles. The topological polar surface area (TPSA) is 43.1 Å². The van der Waals surface area contributed by atoms with Crippen molar-refractivity contribution in [3.63, 3.8) is 0 Å². The smallest absolute Gasteiger partial charge is 0.252 e. The summed E-state index contributed by atoms with van der Waals surface area (Å²) in [5.41, 5.74) is 6.96. The SMILES string of the molecule is Cc1cc(N)ccc1C(=O)CC(C)(F)F. The maximum Gasteiger partial charge on any atom is 0.252 e. The molecule has 0 spiro atoms. The Bertz CT molecular complexity index is 383. The second kappa shape index (κ2) is 3.96. The highest BCUT2D eigenvalue weighted by molar-refractivity contribution is 5.98. The van der Waals surface area contributed by atoms with Gasteiger partial charge in [-0.15, -0.1) is 0 Å². The van der Waals surface area contributed by atoms with Gasteiger partial charge < -0.3 is 5.73 Å². The quantitative estimate of drug-likeness (QED) is 0.619. The van der Waals surface area contributed by atoms with Gasteiger partial charge in [-0.25, -0.2) is 8.78 Å². The van der Waals surface area contributed by atoms with Crippen molar-refractivity contribution in [1.29, 1.82) is 0 Å². The van der Waals surface area contributed by atoms with Crippen molar-refractivity contribution in [2.24, 2.45) is 0 Å². The van der Waals surface area contributed by atoms with Crippen LogP contribution in [0.25, 0.3) is 0 Å². The molecule has 0 amide bonds. The van der Waals surface area contributed by atoms with E-state index in [1.807, 2.05) is 0 Å². The Morgan fingerprint density at radius 3 is 2.53 bits per heavy atom. The Kier molecular flexibility index (Phi) is 3.07. The van der Waals surface area contributed by atoms with Crippen molar-refractivity contribution < 1.29 is 13.6 Å². The average molecular weight is 213 g/mol. The van der Waals surface area contributed by atoms with Gasteiger partial charge >= 0.3 is 0 Å². The Hall–Kier alpha value is -1.45. The molecular weight excluding hydrogens is 200 g/mol. The van der Waals surface area contributed by atoms with Gasteiger partial charge in [-0.3, -0.25) is 4.79 Å². The third-order valence-corrected chi connectivity index (χ3v) is 2.02. The number of ketones is 1. The summed E-state index contributed by atoms with van der Waals surface area (Å²) in [5.74, 6) is -3.52. The second-order valence-electron chi connectivity index (χ2n) is 3.74. The number of benzene rings is 1. The molecule has 0 unspecified atom stereocenters. The van der Waals surface area contributed by atoms with Crippen molar-refractivity contribution >= 4 is 11.5 Å². The van der Waals surface area contributed by atoms with Crippen LogP contribution in [0.2, 0.25) is 0 Å². The van der Waals surface area contributed by atoms with Crippen molar-refractivity contribution in [2.75, 3.05) is 5.73 Å². The molecule has 0 aliphatic heterocycles. The van der Waals surface area contributed by atoms with Crippen LogP contribution in [0.3, 0.4) is 0 Å². The van der Waals surface area contributed by atoms with Crippen molar-refractivity contribution in [2.45, 2.75) is 26.2 Å². The molecule has 82 valence electrons. The van der Waals surface area contributed by atoms with Gasteiger partial charge in [0.15, 0.2) is 5.78 Å². The minimum Gasteiger partial charge on any atom is -0.399 e. The Morgan fingerprint density at radius 2 is 2.07 bits per heavy atom. The fourth-order valence-corrected chi connectivity index (χ4v) is 1.38. The van der Waals surface area contributed by atoms with Gasteiger partial charge in [0.2, 0.25) is 0 Å². The van der Waals surface area contributed by atoms with Gasteiger partial charge in [0.05, 0.1) is 6.42 Å². The summed E-state index contributed by atoms with van der Waals surface area (Å²) in [6.45, 7) is 2.41. The molecule has 1 aromatic rings. The van der Waals surface area contributed by atoms with Crippen LogP contribution >= 0.6 is 0 Å². The molecule has 0 heterocycles. The summed E-state index contributed by atoms with van der Waals surface area (Å²) < 4.78 is 25.2. The van der Waals surface area contributed by atoms with E-state index in [0.29, 0.717) is 16.8 Å². The third kappa shape index (κ3) is 3.31. The number of halogens is 2. The molecule has 0 radical (unpaired) electrons. The molecule has 0 fully saturated rings. The number of alkyl halides is 2. The molecule has 2 nitrogen and oxygen atoms in total. The van der Waals surface area contributed by atoms with E-state index in [2.05, 4.69) is 0 Å². The largest absolute Gasteiger partial charge is 0.399 e. The summed E-state index contributed by atoms with van der Waals surface area (Å²) in [6.07, 6.45) is -0.766. The summed E-state index contributed by atoms with van der Waals surface area (Å²) in [5, 5.41) is 0. The minimum atomic E-state index is -2.97. The van der Waals surface area contributed by atoms with Crippen LogP contribution in [-0.4, -0.2) is 11.7 Å². The molecule has 4 heteroatoms. The molecule has 0 atom stereocenters. The predicted molar refractivity (Wildman–Crippen MR) is 55.2 cm³/mol. The summed E-state index contributed by atoms with van der Waals surface area (Å²) in [4.78, 5) is 11.5. The summed E-state index contributed by atoms with van der Waals surface area (Å²) >= 11 is 0. The first-order valence-corrected chi connectivity index (χ1v) is 4.57.